The van der Waals surface area contributed by atoms with E-state index in [1.54, 1.807) is 19.1 Å². The van der Waals surface area contributed by atoms with Gasteiger partial charge in [0.25, 0.3) is 0 Å². The molecule has 2 aromatic rings. The third kappa shape index (κ3) is 3.71. The summed E-state index contributed by atoms with van der Waals surface area (Å²) in [5, 5.41) is 20.2. The smallest absolute Gasteiger partial charge is 0.336 e. The normalized spacial score (nSPS) is 17.9. The summed E-state index contributed by atoms with van der Waals surface area (Å²) < 4.78 is 5.31. The van der Waals surface area contributed by atoms with Crippen molar-refractivity contribution in [3.05, 3.63) is 39.7 Å². The van der Waals surface area contributed by atoms with Gasteiger partial charge in [0.15, 0.2) is 0 Å². The fraction of sp³-hybridized carbons (Fsp3) is 0.526. The van der Waals surface area contributed by atoms with Gasteiger partial charge >= 0.3 is 5.63 Å². The number of hydrogen-bond acceptors (Lipinski definition) is 6. The van der Waals surface area contributed by atoms with Gasteiger partial charge in [0.05, 0.1) is 6.61 Å². The molecule has 25 heavy (non-hydrogen) atoms. The summed E-state index contributed by atoms with van der Waals surface area (Å²) in [6, 6.07) is 5.24. The van der Waals surface area contributed by atoms with Crippen LogP contribution in [0.5, 0.6) is 5.75 Å². The lowest BCUT2D eigenvalue weighted by Crippen LogP contribution is -2.50. The van der Waals surface area contributed by atoms with E-state index in [0.717, 1.165) is 43.5 Å². The number of benzene rings is 1. The first-order valence-corrected chi connectivity index (χ1v) is 8.86. The van der Waals surface area contributed by atoms with Crippen LogP contribution in [0.1, 0.15) is 24.5 Å². The molecule has 2 heterocycles. The van der Waals surface area contributed by atoms with Gasteiger partial charge < -0.3 is 14.6 Å². The average Bonchev–Trinajstić information content (AvgIpc) is 2.61. The minimum absolute atomic E-state index is 0.135. The molecule has 1 aromatic carbocycles. The number of hydrogen-bond donors (Lipinski definition) is 2. The van der Waals surface area contributed by atoms with Crippen LogP contribution in [-0.2, 0) is 6.54 Å². The Morgan fingerprint density at radius 1 is 1.24 bits per heavy atom. The zero-order valence-corrected chi connectivity index (χ0v) is 14.9. The fourth-order valence-corrected chi connectivity index (χ4v) is 3.58. The first-order valence-electron chi connectivity index (χ1n) is 8.86. The molecule has 6 heteroatoms. The van der Waals surface area contributed by atoms with Crippen LogP contribution in [0, 0.1) is 6.92 Å². The number of phenols is 1. The first kappa shape index (κ1) is 17.9. The summed E-state index contributed by atoms with van der Waals surface area (Å²) in [6.07, 6.45) is 0.948. The predicted molar refractivity (Wildman–Crippen MR) is 96.9 cm³/mol. The second-order valence-electron chi connectivity index (χ2n) is 6.73. The third-order valence-corrected chi connectivity index (χ3v) is 5.22. The van der Waals surface area contributed by atoms with Gasteiger partial charge in [-0.2, -0.15) is 0 Å². The number of aliphatic hydroxyl groups excluding tert-OH is 1. The van der Waals surface area contributed by atoms with E-state index in [2.05, 4.69) is 16.7 Å². The van der Waals surface area contributed by atoms with E-state index in [4.69, 9.17) is 4.42 Å². The summed E-state index contributed by atoms with van der Waals surface area (Å²) in [5.41, 5.74) is 1.60. The molecule has 0 aliphatic carbocycles. The number of fused-ring (bicyclic) bond motifs is 1. The largest absolute Gasteiger partial charge is 0.508 e. The molecule has 0 saturated carbocycles. The summed E-state index contributed by atoms with van der Waals surface area (Å²) >= 11 is 0. The van der Waals surface area contributed by atoms with E-state index in [-0.39, 0.29) is 24.0 Å². The van der Waals surface area contributed by atoms with E-state index >= 15 is 0 Å². The number of aromatic hydroxyl groups is 1. The molecule has 0 amide bonds. The number of piperazine rings is 1. The van der Waals surface area contributed by atoms with Gasteiger partial charge in [-0.15, -0.1) is 0 Å². The molecule has 1 saturated heterocycles. The van der Waals surface area contributed by atoms with E-state index in [9.17, 15) is 15.0 Å². The highest BCUT2D eigenvalue weighted by atomic mass is 16.4. The predicted octanol–water partition coefficient (Wildman–Crippen LogP) is 1.70. The maximum absolute atomic E-state index is 11.9. The van der Waals surface area contributed by atoms with Crippen LogP contribution in [0.2, 0.25) is 0 Å². The third-order valence-electron chi connectivity index (χ3n) is 5.22. The van der Waals surface area contributed by atoms with Gasteiger partial charge in [0, 0.05) is 55.8 Å². The molecule has 0 radical (unpaired) electrons. The van der Waals surface area contributed by atoms with Gasteiger partial charge in [-0.1, -0.05) is 6.92 Å². The Kier molecular flexibility index (Phi) is 5.42. The molecule has 1 aliphatic heterocycles. The molecule has 136 valence electrons. The van der Waals surface area contributed by atoms with Crippen LogP contribution in [-0.4, -0.2) is 58.8 Å². The van der Waals surface area contributed by atoms with Crippen molar-refractivity contribution in [2.45, 2.75) is 32.9 Å². The average molecular weight is 346 g/mol. The lowest BCUT2D eigenvalue weighted by molar-refractivity contribution is 0.0609. The first-order chi connectivity index (χ1) is 12.0. The summed E-state index contributed by atoms with van der Waals surface area (Å²) in [4.78, 5) is 16.6. The molecular weight excluding hydrogens is 320 g/mol. The Labute approximate surface area is 147 Å². The van der Waals surface area contributed by atoms with E-state index in [1.807, 2.05) is 6.07 Å². The number of nitrogens with zero attached hydrogens (tertiary/aromatic N) is 2. The minimum Gasteiger partial charge on any atom is -0.508 e. The Bertz CT molecular complexity index is 790. The second-order valence-corrected chi connectivity index (χ2v) is 6.73. The van der Waals surface area contributed by atoms with E-state index in [1.165, 1.54) is 0 Å². The molecule has 1 unspecified atom stereocenters. The van der Waals surface area contributed by atoms with Crippen molar-refractivity contribution in [3.8, 4) is 5.75 Å². The van der Waals surface area contributed by atoms with Crippen molar-refractivity contribution in [2.24, 2.45) is 0 Å². The van der Waals surface area contributed by atoms with Gasteiger partial charge in [0.1, 0.15) is 11.3 Å². The molecule has 0 spiro atoms. The molecule has 6 nitrogen and oxygen atoms in total. The highest BCUT2D eigenvalue weighted by Crippen LogP contribution is 2.28. The molecule has 3 rings (SSSR count). The summed E-state index contributed by atoms with van der Waals surface area (Å²) in [5.74, 6) is 0.135. The Morgan fingerprint density at radius 3 is 2.60 bits per heavy atom. The van der Waals surface area contributed by atoms with Crippen LogP contribution in [0.15, 0.2) is 27.4 Å². The Morgan fingerprint density at radius 2 is 1.96 bits per heavy atom. The molecular formula is C19H26N2O4. The molecule has 2 N–H and O–H groups in total. The molecule has 1 aromatic heterocycles. The highest BCUT2D eigenvalue weighted by Gasteiger charge is 2.23. The van der Waals surface area contributed by atoms with E-state index < -0.39 is 0 Å². The highest BCUT2D eigenvalue weighted by molar-refractivity contribution is 5.84. The van der Waals surface area contributed by atoms with Crippen LogP contribution in [0.3, 0.4) is 0 Å². The molecule has 1 fully saturated rings. The quantitative estimate of drug-likeness (QED) is 0.803. The Balaban J connectivity index is 1.78. The molecule has 0 bridgehead atoms. The number of phenolic OH excluding ortho intramolecular Hbond substituents is 1. The topological polar surface area (TPSA) is 77.2 Å². The SMILES string of the molecule is CCC(CO)N1CCN(Cc2cc(=O)oc3c(C)c(O)ccc23)CC1. The van der Waals surface area contributed by atoms with Crippen molar-refractivity contribution in [1.29, 1.82) is 0 Å². The van der Waals surface area contributed by atoms with Crippen molar-refractivity contribution in [3.63, 3.8) is 0 Å². The van der Waals surface area contributed by atoms with Gasteiger partial charge in [-0.25, -0.2) is 4.79 Å². The Hall–Kier alpha value is -1.89. The monoisotopic (exact) mass is 346 g/mol. The minimum atomic E-state index is -0.388. The van der Waals surface area contributed by atoms with Gasteiger partial charge in [0.2, 0.25) is 0 Å². The van der Waals surface area contributed by atoms with Crippen LogP contribution >= 0.6 is 0 Å². The number of aliphatic hydroxyl groups is 1. The molecule has 1 atom stereocenters. The lowest BCUT2D eigenvalue weighted by Gasteiger charge is -2.38. The number of aryl methyl sites for hydroxylation is 1. The zero-order chi connectivity index (χ0) is 18.0. The van der Waals surface area contributed by atoms with E-state index in [0.29, 0.717) is 17.7 Å². The second kappa shape index (κ2) is 7.56. The maximum Gasteiger partial charge on any atom is 0.336 e. The number of rotatable bonds is 5. The van der Waals surface area contributed by atoms with Crippen molar-refractivity contribution in [2.75, 3.05) is 32.8 Å². The van der Waals surface area contributed by atoms with Gasteiger partial charge in [-0.05, 0) is 31.0 Å². The van der Waals surface area contributed by atoms with Crippen LogP contribution in [0.4, 0.5) is 0 Å². The van der Waals surface area contributed by atoms with Crippen LogP contribution < -0.4 is 5.63 Å². The summed E-state index contributed by atoms with van der Waals surface area (Å²) in [7, 11) is 0. The fourth-order valence-electron chi connectivity index (χ4n) is 3.58. The van der Waals surface area contributed by atoms with Crippen molar-refractivity contribution in [1.82, 2.24) is 9.80 Å². The van der Waals surface area contributed by atoms with Crippen molar-refractivity contribution >= 4 is 11.0 Å². The maximum atomic E-state index is 11.9. The molecule has 1 aliphatic rings. The standard InChI is InChI=1S/C19H26N2O4/c1-3-15(12-22)21-8-6-20(7-9-21)11-14-10-18(24)25-19-13(2)17(23)5-4-16(14)19/h4-5,10,15,22-23H,3,6-9,11-12H2,1-2H3. The summed E-state index contributed by atoms with van der Waals surface area (Å²) in [6.45, 7) is 8.35. The lowest BCUT2D eigenvalue weighted by atomic mass is 10.1. The van der Waals surface area contributed by atoms with Gasteiger partial charge in [-0.3, -0.25) is 9.80 Å². The van der Waals surface area contributed by atoms with Crippen molar-refractivity contribution < 1.29 is 14.6 Å². The zero-order valence-electron chi connectivity index (χ0n) is 14.9. The van der Waals surface area contributed by atoms with Crippen LogP contribution in [0.25, 0.3) is 11.0 Å².